The van der Waals surface area contributed by atoms with Gasteiger partial charge in [-0.15, -0.1) is 0 Å². The lowest BCUT2D eigenvalue weighted by Gasteiger charge is -2.11. The molecule has 1 N–H and O–H groups in total. The third-order valence-electron chi connectivity index (χ3n) is 6.36. The zero-order valence-electron chi connectivity index (χ0n) is 21.8. The van der Waals surface area contributed by atoms with Crippen molar-refractivity contribution >= 4 is 23.2 Å². The molecule has 3 rings (SSSR count). The molecule has 0 amide bonds. The van der Waals surface area contributed by atoms with Crippen molar-refractivity contribution in [1.82, 2.24) is 23.7 Å². The molecule has 36 heavy (non-hydrogen) atoms. The van der Waals surface area contributed by atoms with Crippen LogP contribution < -0.4 is 11.2 Å². The first-order valence-corrected chi connectivity index (χ1v) is 12.2. The number of nitrogens with one attached hydrogen (secondary N) is 1. The molecule has 10 heteroatoms. The monoisotopic (exact) mass is 494 g/mol. The quantitative estimate of drug-likeness (QED) is 0.262. The fraction of sp³-hybridized carbons (Fsp3) is 0.500. The number of nitrogens with zero attached hydrogens (tertiary/aromatic N) is 5. The Bertz CT molecular complexity index is 1460. The number of H-pyrrole nitrogens is 1. The molecule has 3 aromatic heterocycles. The molecule has 0 saturated heterocycles. The average molecular weight is 495 g/mol. The van der Waals surface area contributed by atoms with E-state index in [1.165, 1.54) is 9.13 Å². The van der Waals surface area contributed by atoms with Crippen LogP contribution in [0.15, 0.2) is 21.2 Å². The van der Waals surface area contributed by atoms with Gasteiger partial charge in [-0.05, 0) is 50.3 Å². The van der Waals surface area contributed by atoms with E-state index >= 15 is 0 Å². The highest BCUT2D eigenvalue weighted by molar-refractivity contribution is 5.98. The van der Waals surface area contributed by atoms with Gasteiger partial charge in [-0.25, -0.2) is 14.6 Å². The van der Waals surface area contributed by atoms with Crippen molar-refractivity contribution in [2.75, 3.05) is 0 Å². The largest absolute Gasteiger partial charge is 0.453 e. The molecular weight excluding hydrogens is 460 g/mol. The van der Waals surface area contributed by atoms with E-state index in [1.807, 2.05) is 32.9 Å². The molecule has 0 radical (unpaired) electrons. The van der Waals surface area contributed by atoms with Crippen LogP contribution in [-0.2, 0) is 36.3 Å². The normalized spacial score (nSPS) is 11.9. The van der Waals surface area contributed by atoms with Gasteiger partial charge in [-0.1, -0.05) is 27.2 Å². The standard InChI is InChI=1S/C26H34N6O4/c1-7-8-10-32-23-22(24(33)29-26(32)35)30(6)21(28-23)15-36-25(34)20(14-27)13-19-12-17(4)31(18(19)5)11-9-16(2)3/h12-13,16H,7-11,15H2,1-6H3,(H,29,33,35)/b20-13-. The molecule has 0 aliphatic rings. The van der Waals surface area contributed by atoms with E-state index in [4.69, 9.17) is 4.74 Å². The van der Waals surface area contributed by atoms with Gasteiger partial charge < -0.3 is 13.9 Å². The Hall–Kier alpha value is -3.87. The minimum atomic E-state index is -0.783. The lowest BCUT2D eigenvalue weighted by Crippen LogP contribution is -2.31. The molecule has 0 aliphatic heterocycles. The van der Waals surface area contributed by atoms with Gasteiger partial charge in [-0.2, -0.15) is 5.26 Å². The average Bonchev–Trinajstić information content (AvgIpc) is 3.29. The van der Waals surface area contributed by atoms with E-state index in [0.717, 1.165) is 42.8 Å². The van der Waals surface area contributed by atoms with Crippen LogP contribution in [0, 0.1) is 31.1 Å². The van der Waals surface area contributed by atoms with Crippen molar-refractivity contribution in [3.8, 4) is 6.07 Å². The second-order valence-electron chi connectivity index (χ2n) is 9.43. The summed E-state index contributed by atoms with van der Waals surface area (Å²) in [5.74, 6) is 0.0761. The van der Waals surface area contributed by atoms with Crippen LogP contribution >= 0.6 is 0 Å². The van der Waals surface area contributed by atoms with Crippen LogP contribution in [0.3, 0.4) is 0 Å². The lowest BCUT2D eigenvalue weighted by atomic mass is 10.1. The zero-order chi connectivity index (χ0) is 26.6. The van der Waals surface area contributed by atoms with Crippen LogP contribution in [0.5, 0.6) is 0 Å². The van der Waals surface area contributed by atoms with Gasteiger partial charge in [0.05, 0.1) is 0 Å². The predicted octanol–water partition coefficient (Wildman–Crippen LogP) is 3.34. The highest BCUT2D eigenvalue weighted by Gasteiger charge is 2.19. The van der Waals surface area contributed by atoms with Gasteiger partial charge in [0, 0.05) is 31.5 Å². The maximum Gasteiger partial charge on any atom is 0.349 e. The molecule has 0 fully saturated rings. The van der Waals surface area contributed by atoms with Crippen LogP contribution in [-0.4, -0.2) is 29.6 Å². The highest BCUT2D eigenvalue weighted by Crippen LogP contribution is 2.20. The fourth-order valence-electron chi connectivity index (χ4n) is 4.15. The minimum Gasteiger partial charge on any atom is -0.453 e. The van der Waals surface area contributed by atoms with Crippen LogP contribution in [0.25, 0.3) is 17.2 Å². The highest BCUT2D eigenvalue weighted by atomic mass is 16.5. The number of ether oxygens (including phenoxy) is 1. The number of hydrogen-bond acceptors (Lipinski definition) is 6. The number of esters is 1. The van der Waals surface area contributed by atoms with Gasteiger partial charge in [0.25, 0.3) is 5.56 Å². The molecule has 0 bridgehead atoms. The Morgan fingerprint density at radius 2 is 1.97 bits per heavy atom. The first-order valence-electron chi connectivity index (χ1n) is 12.2. The number of imidazole rings is 1. The molecule has 192 valence electrons. The van der Waals surface area contributed by atoms with Crippen LogP contribution in [0.1, 0.15) is 62.8 Å². The summed E-state index contributed by atoms with van der Waals surface area (Å²) in [6.07, 6.45) is 4.18. The van der Waals surface area contributed by atoms with Gasteiger partial charge in [-0.3, -0.25) is 14.3 Å². The number of aromatic amines is 1. The predicted molar refractivity (Wildman–Crippen MR) is 137 cm³/mol. The first-order chi connectivity index (χ1) is 17.1. The summed E-state index contributed by atoms with van der Waals surface area (Å²) in [7, 11) is 1.62. The number of carbonyl (C=O) groups is 1. The number of fused-ring (bicyclic) bond motifs is 1. The topological polar surface area (TPSA) is 128 Å². The van der Waals surface area contributed by atoms with Gasteiger partial charge >= 0.3 is 11.7 Å². The van der Waals surface area contributed by atoms with Crippen molar-refractivity contribution in [2.24, 2.45) is 13.0 Å². The number of unbranched alkanes of at least 4 members (excludes halogenated alkanes) is 1. The SMILES string of the molecule is CCCCn1c(=O)[nH]c(=O)c2c1nc(COC(=O)/C(C#N)=C\c1cc(C)n(CCC(C)C)c1C)n2C. The van der Waals surface area contributed by atoms with Crippen LogP contribution in [0.2, 0.25) is 0 Å². The Labute approximate surface area is 209 Å². The molecule has 0 aromatic carbocycles. The number of hydrogen-bond donors (Lipinski definition) is 1. The number of carbonyl (C=O) groups excluding carboxylic acids is 1. The molecule has 3 heterocycles. The van der Waals surface area contributed by atoms with Crippen LogP contribution in [0.4, 0.5) is 0 Å². The van der Waals surface area contributed by atoms with Gasteiger partial charge in [0.2, 0.25) is 0 Å². The maximum absolute atomic E-state index is 12.7. The summed E-state index contributed by atoms with van der Waals surface area (Å²) in [4.78, 5) is 44.2. The molecule has 0 unspecified atom stereocenters. The zero-order valence-corrected chi connectivity index (χ0v) is 21.8. The summed E-state index contributed by atoms with van der Waals surface area (Å²) in [6, 6.07) is 3.88. The van der Waals surface area contributed by atoms with Gasteiger partial charge in [0.15, 0.2) is 11.2 Å². The molecule has 0 saturated carbocycles. The molecule has 10 nitrogen and oxygen atoms in total. The molecule has 0 aliphatic carbocycles. The van der Waals surface area contributed by atoms with Crippen molar-refractivity contribution in [3.63, 3.8) is 0 Å². The minimum absolute atomic E-state index is 0.129. The van der Waals surface area contributed by atoms with Crippen molar-refractivity contribution in [3.05, 3.63) is 55.3 Å². The van der Waals surface area contributed by atoms with E-state index in [9.17, 15) is 19.6 Å². The number of nitriles is 1. The Morgan fingerprint density at radius 1 is 1.25 bits per heavy atom. The van der Waals surface area contributed by atoms with Gasteiger partial charge in [0.1, 0.15) is 24.1 Å². The summed E-state index contributed by atoms with van der Waals surface area (Å²) in [5, 5.41) is 9.62. The van der Waals surface area contributed by atoms with Crippen molar-refractivity contribution < 1.29 is 9.53 Å². The van der Waals surface area contributed by atoms with E-state index in [1.54, 1.807) is 13.1 Å². The van der Waals surface area contributed by atoms with E-state index in [-0.39, 0.29) is 23.3 Å². The Balaban J connectivity index is 1.85. The second-order valence-corrected chi connectivity index (χ2v) is 9.43. The van der Waals surface area contributed by atoms with Crippen molar-refractivity contribution in [1.29, 1.82) is 5.26 Å². The molecule has 0 spiro atoms. The molecule has 0 atom stereocenters. The summed E-state index contributed by atoms with van der Waals surface area (Å²) < 4.78 is 10.5. The summed E-state index contributed by atoms with van der Waals surface area (Å²) in [5.41, 5.74) is 2.09. The number of rotatable bonds is 10. The van der Waals surface area contributed by atoms with E-state index < -0.39 is 17.2 Å². The Morgan fingerprint density at radius 3 is 2.61 bits per heavy atom. The maximum atomic E-state index is 12.7. The smallest absolute Gasteiger partial charge is 0.349 e. The molecule has 3 aromatic rings. The van der Waals surface area contributed by atoms with Crippen molar-refractivity contribution in [2.45, 2.75) is 73.6 Å². The third kappa shape index (κ3) is 5.51. The lowest BCUT2D eigenvalue weighted by molar-refractivity contribution is -0.140. The number of aryl methyl sites for hydroxylation is 3. The Kier molecular flexibility index (Phi) is 8.35. The number of aromatic nitrogens is 5. The van der Waals surface area contributed by atoms with E-state index in [2.05, 4.69) is 28.4 Å². The first kappa shape index (κ1) is 26.7. The summed E-state index contributed by atoms with van der Waals surface area (Å²) >= 11 is 0. The second kappa shape index (κ2) is 11.2. The third-order valence-corrected chi connectivity index (χ3v) is 6.36. The van der Waals surface area contributed by atoms with E-state index in [0.29, 0.717) is 18.3 Å². The fourth-order valence-corrected chi connectivity index (χ4v) is 4.15. The summed E-state index contributed by atoms with van der Waals surface area (Å²) in [6.45, 7) is 11.3. The molecular formula is C26H34N6O4.